The second-order valence-electron chi connectivity index (χ2n) is 1.44. The van der Waals surface area contributed by atoms with Crippen LogP contribution in [0.3, 0.4) is 0 Å². The van der Waals surface area contributed by atoms with Gasteiger partial charge < -0.3 is 19.6 Å². The van der Waals surface area contributed by atoms with Gasteiger partial charge in [-0.3, -0.25) is 0 Å². The summed E-state index contributed by atoms with van der Waals surface area (Å²) in [6.07, 6.45) is 2.87. The van der Waals surface area contributed by atoms with Crippen LogP contribution in [0.2, 0.25) is 0 Å². The van der Waals surface area contributed by atoms with Crippen LogP contribution in [0.15, 0.2) is 12.5 Å². The zero-order valence-corrected chi connectivity index (χ0v) is 4.19. The summed E-state index contributed by atoms with van der Waals surface area (Å²) in [5.74, 6) is 0. The second kappa shape index (κ2) is 2.06. The molecule has 0 atom stereocenters. The quantitative estimate of drug-likeness (QED) is 0.417. The number of nitrogens with zero attached hydrogens (tertiary/aromatic N) is 1. The minimum Gasteiger partial charge on any atom is -0.480 e. The van der Waals surface area contributed by atoms with E-state index in [1.807, 2.05) is 0 Å². The Kier molecular flexibility index (Phi) is 1.41. The summed E-state index contributed by atoms with van der Waals surface area (Å²) >= 11 is 0. The SMILES string of the molecule is OB(O)N1C=COC1. The molecule has 0 unspecified atom stereocenters. The third-order valence-corrected chi connectivity index (χ3v) is 0.869. The van der Waals surface area contributed by atoms with Gasteiger partial charge >= 0.3 is 7.25 Å². The predicted molar refractivity (Wildman–Crippen MR) is 27.1 cm³/mol. The van der Waals surface area contributed by atoms with Gasteiger partial charge in [-0.2, -0.15) is 0 Å². The van der Waals surface area contributed by atoms with Crippen LogP contribution in [0.25, 0.3) is 0 Å². The van der Waals surface area contributed by atoms with Crippen molar-refractivity contribution in [2.75, 3.05) is 6.73 Å². The lowest BCUT2D eigenvalue weighted by Crippen LogP contribution is -2.33. The summed E-state index contributed by atoms with van der Waals surface area (Å²) in [6, 6.07) is 0. The highest BCUT2D eigenvalue weighted by Crippen LogP contribution is 1.99. The van der Waals surface area contributed by atoms with Crippen molar-refractivity contribution in [2.45, 2.75) is 0 Å². The largest absolute Gasteiger partial charge is 0.590 e. The number of hydrogen-bond acceptors (Lipinski definition) is 4. The highest BCUT2D eigenvalue weighted by Gasteiger charge is 2.18. The predicted octanol–water partition coefficient (Wildman–Crippen LogP) is -1.28. The molecule has 0 saturated carbocycles. The maximum atomic E-state index is 8.40. The first-order chi connectivity index (χ1) is 3.80. The van der Waals surface area contributed by atoms with E-state index in [4.69, 9.17) is 10.0 Å². The lowest BCUT2D eigenvalue weighted by molar-refractivity contribution is 0.187. The van der Waals surface area contributed by atoms with E-state index in [1.165, 1.54) is 17.3 Å². The Morgan fingerprint density at radius 1 is 1.62 bits per heavy atom. The lowest BCUT2D eigenvalue weighted by atomic mass is 10.1. The Labute approximate surface area is 47.2 Å². The molecule has 0 amide bonds. The topological polar surface area (TPSA) is 52.9 Å². The first-order valence-electron chi connectivity index (χ1n) is 2.21. The number of hydrogen-bond donors (Lipinski definition) is 2. The van der Waals surface area contributed by atoms with Crippen LogP contribution in [0.4, 0.5) is 0 Å². The third kappa shape index (κ3) is 0.934. The summed E-state index contributed by atoms with van der Waals surface area (Å²) in [4.78, 5) is 1.24. The van der Waals surface area contributed by atoms with Gasteiger partial charge in [0.25, 0.3) is 0 Å². The molecule has 8 heavy (non-hydrogen) atoms. The lowest BCUT2D eigenvalue weighted by Gasteiger charge is -2.09. The van der Waals surface area contributed by atoms with E-state index in [2.05, 4.69) is 4.74 Å². The maximum absolute atomic E-state index is 8.40. The van der Waals surface area contributed by atoms with Crippen molar-refractivity contribution >= 4 is 7.25 Å². The molecule has 0 aliphatic carbocycles. The molecule has 1 rings (SSSR count). The molecule has 1 heterocycles. The fourth-order valence-corrected chi connectivity index (χ4v) is 0.437. The molecule has 0 spiro atoms. The fraction of sp³-hybridized carbons (Fsp3) is 0.333. The Hall–Kier alpha value is -0.675. The summed E-state index contributed by atoms with van der Waals surface area (Å²) in [5, 5.41) is 16.8. The molecule has 0 aromatic carbocycles. The van der Waals surface area contributed by atoms with Crippen LogP contribution in [-0.4, -0.2) is 28.8 Å². The van der Waals surface area contributed by atoms with E-state index in [0.717, 1.165) is 0 Å². The van der Waals surface area contributed by atoms with Crippen molar-refractivity contribution in [2.24, 2.45) is 0 Å². The molecule has 1 aliphatic heterocycles. The molecule has 44 valence electrons. The highest BCUT2D eigenvalue weighted by molar-refractivity contribution is 6.37. The van der Waals surface area contributed by atoms with E-state index in [9.17, 15) is 0 Å². The molecule has 0 bridgehead atoms. The molecular formula is C3H6BNO3. The average Bonchev–Trinajstić information content (AvgIpc) is 2.12. The standard InChI is InChI=1S/C3H6BNO3/c6-4(7)5-1-2-8-3-5/h1-2,6-7H,3H2. The van der Waals surface area contributed by atoms with Gasteiger partial charge in [-0.25, -0.2) is 0 Å². The monoisotopic (exact) mass is 115 g/mol. The van der Waals surface area contributed by atoms with Gasteiger partial charge in [-0.1, -0.05) is 0 Å². The van der Waals surface area contributed by atoms with Crippen LogP contribution >= 0.6 is 0 Å². The molecule has 0 aromatic rings. The van der Waals surface area contributed by atoms with E-state index in [0.29, 0.717) is 0 Å². The van der Waals surface area contributed by atoms with Crippen molar-refractivity contribution in [3.8, 4) is 0 Å². The van der Waals surface area contributed by atoms with Gasteiger partial charge in [0.1, 0.15) is 6.26 Å². The molecule has 0 radical (unpaired) electrons. The van der Waals surface area contributed by atoms with E-state index < -0.39 is 7.25 Å². The van der Waals surface area contributed by atoms with E-state index in [-0.39, 0.29) is 6.73 Å². The molecule has 1 aliphatic rings. The molecule has 4 nitrogen and oxygen atoms in total. The van der Waals surface area contributed by atoms with Crippen LogP contribution in [-0.2, 0) is 4.74 Å². The minimum atomic E-state index is -1.44. The molecule has 5 heteroatoms. The first kappa shape index (κ1) is 5.46. The van der Waals surface area contributed by atoms with Crippen molar-refractivity contribution < 1.29 is 14.8 Å². The summed E-state index contributed by atoms with van der Waals surface area (Å²) in [5.41, 5.74) is 0. The normalized spacial score (nSPS) is 16.5. The van der Waals surface area contributed by atoms with E-state index >= 15 is 0 Å². The van der Waals surface area contributed by atoms with Gasteiger partial charge in [0, 0.05) is 6.20 Å². The van der Waals surface area contributed by atoms with Crippen LogP contribution < -0.4 is 0 Å². The average molecular weight is 115 g/mol. The number of rotatable bonds is 1. The van der Waals surface area contributed by atoms with Crippen LogP contribution in [0.1, 0.15) is 0 Å². The minimum absolute atomic E-state index is 0.220. The Morgan fingerprint density at radius 2 is 2.38 bits per heavy atom. The second-order valence-corrected chi connectivity index (χ2v) is 1.44. The summed E-state index contributed by atoms with van der Waals surface area (Å²) in [6.45, 7) is 0.220. The van der Waals surface area contributed by atoms with Crippen molar-refractivity contribution in [1.82, 2.24) is 4.81 Å². The van der Waals surface area contributed by atoms with Crippen molar-refractivity contribution in [1.29, 1.82) is 0 Å². The summed E-state index contributed by atoms with van der Waals surface area (Å²) < 4.78 is 4.64. The van der Waals surface area contributed by atoms with Gasteiger partial charge in [0.05, 0.1) is 0 Å². The fourth-order valence-electron chi connectivity index (χ4n) is 0.437. The van der Waals surface area contributed by atoms with Crippen molar-refractivity contribution in [3.05, 3.63) is 12.5 Å². The maximum Gasteiger partial charge on any atom is 0.590 e. The highest BCUT2D eigenvalue weighted by atomic mass is 16.5. The molecule has 2 N–H and O–H groups in total. The molecule has 0 saturated heterocycles. The first-order valence-corrected chi connectivity index (χ1v) is 2.21. The van der Waals surface area contributed by atoms with Crippen molar-refractivity contribution in [3.63, 3.8) is 0 Å². The summed E-state index contributed by atoms with van der Waals surface area (Å²) in [7, 11) is -1.44. The molecule has 0 aromatic heterocycles. The Balaban J connectivity index is 2.36. The van der Waals surface area contributed by atoms with Gasteiger partial charge in [-0.05, 0) is 0 Å². The Morgan fingerprint density at radius 3 is 2.62 bits per heavy atom. The number of ether oxygens (including phenoxy) is 1. The van der Waals surface area contributed by atoms with Crippen LogP contribution in [0.5, 0.6) is 0 Å². The smallest absolute Gasteiger partial charge is 0.480 e. The molecular weight excluding hydrogens is 109 g/mol. The van der Waals surface area contributed by atoms with Gasteiger partial charge in [-0.15, -0.1) is 0 Å². The Bertz CT molecular complexity index is 105. The van der Waals surface area contributed by atoms with Crippen LogP contribution in [0, 0.1) is 0 Å². The van der Waals surface area contributed by atoms with E-state index in [1.54, 1.807) is 0 Å². The zero-order chi connectivity index (χ0) is 5.98. The zero-order valence-electron chi connectivity index (χ0n) is 4.19. The molecule has 0 fully saturated rings. The van der Waals surface area contributed by atoms with Gasteiger partial charge in [0.2, 0.25) is 0 Å². The van der Waals surface area contributed by atoms with Gasteiger partial charge in [0.15, 0.2) is 6.73 Å². The third-order valence-electron chi connectivity index (χ3n) is 0.869.